The second kappa shape index (κ2) is 8.69. The van der Waals surface area contributed by atoms with Crippen molar-refractivity contribution in [1.82, 2.24) is 5.06 Å². The number of hydroxylamine groups is 2. The van der Waals surface area contributed by atoms with Crippen molar-refractivity contribution in [3.63, 3.8) is 0 Å². The molecule has 0 radical (unpaired) electrons. The van der Waals surface area contributed by atoms with Gasteiger partial charge in [0, 0.05) is 18.5 Å². The number of hydrogen-bond acceptors (Lipinski definition) is 4. The molecule has 8 heteroatoms. The van der Waals surface area contributed by atoms with Crippen LogP contribution in [0.2, 0.25) is 5.02 Å². The van der Waals surface area contributed by atoms with Crippen molar-refractivity contribution < 1.29 is 19.2 Å². The first-order chi connectivity index (χ1) is 11.9. The van der Waals surface area contributed by atoms with Gasteiger partial charge in [-0.05, 0) is 25.0 Å². The zero-order valence-electron chi connectivity index (χ0n) is 14.2. The molecule has 25 heavy (non-hydrogen) atoms. The number of anilines is 1. The first kappa shape index (κ1) is 19.8. The van der Waals surface area contributed by atoms with Crippen molar-refractivity contribution in [3.8, 4) is 0 Å². The number of halogens is 1. The summed E-state index contributed by atoms with van der Waals surface area (Å²) in [5.74, 6) is -0.137. The van der Waals surface area contributed by atoms with E-state index in [-0.39, 0.29) is 28.0 Å². The Labute approximate surface area is 157 Å². The van der Waals surface area contributed by atoms with Gasteiger partial charge in [-0.2, -0.15) is 0 Å². The Balaban J connectivity index is 2.35. The SMILES string of the molecule is CON(C)C(=O)Nc1ccc(C(=O)C2CCCCC2)c(Cl)c1C(=O)S. The van der Waals surface area contributed by atoms with Crippen LogP contribution in [0.15, 0.2) is 12.1 Å². The van der Waals surface area contributed by atoms with Gasteiger partial charge in [-0.3, -0.25) is 14.4 Å². The summed E-state index contributed by atoms with van der Waals surface area (Å²) >= 11 is 10.2. The predicted molar refractivity (Wildman–Crippen MR) is 99.5 cm³/mol. The number of Topliss-reactive ketones (excluding diaryl/α,β-unsaturated/α-hetero) is 1. The van der Waals surface area contributed by atoms with Gasteiger partial charge in [0.2, 0.25) is 5.12 Å². The van der Waals surface area contributed by atoms with Crippen LogP contribution < -0.4 is 5.32 Å². The molecule has 0 spiro atoms. The van der Waals surface area contributed by atoms with Crippen LogP contribution in [0.4, 0.5) is 10.5 Å². The summed E-state index contributed by atoms with van der Waals surface area (Å²) < 4.78 is 0. The fourth-order valence-corrected chi connectivity index (χ4v) is 3.58. The summed E-state index contributed by atoms with van der Waals surface area (Å²) in [4.78, 5) is 41.4. The molecule has 0 aliphatic heterocycles. The summed E-state index contributed by atoms with van der Waals surface area (Å²) in [7, 11) is 2.75. The zero-order valence-corrected chi connectivity index (χ0v) is 15.8. The lowest BCUT2D eigenvalue weighted by Gasteiger charge is -2.22. The Morgan fingerprint density at radius 1 is 1.24 bits per heavy atom. The Kier molecular flexibility index (Phi) is 6.87. The topological polar surface area (TPSA) is 75.7 Å². The third kappa shape index (κ3) is 4.54. The molecule has 1 aromatic rings. The lowest BCUT2D eigenvalue weighted by atomic mass is 9.83. The van der Waals surface area contributed by atoms with E-state index in [0.717, 1.165) is 37.2 Å². The molecule has 0 heterocycles. The number of benzene rings is 1. The molecule has 1 saturated carbocycles. The molecule has 0 unspecified atom stereocenters. The first-order valence-electron chi connectivity index (χ1n) is 8.05. The van der Waals surface area contributed by atoms with Crippen molar-refractivity contribution in [2.24, 2.45) is 5.92 Å². The van der Waals surface area contributed by atoms with E-state index < -0.39 is 11.1 Å². The number of hydrogen-bond donors (Lipinski definition) is 2. The lowest BCUT2D eigenvalue weighted by molar-refractivity contribution is -0.0598. The van der Waals surface area contributed by atoms with Gasteiger partial charge < -0.3 is 5.32 Å². The largest absolute Gasteiger partial charge is 0.345 e. The molecule has 136 valence electrons. The maximum atomic E-state index is 12.7. The molecule has 1 aliphatic carbocycles. The molecule has 1 fully saturated rings. The van der Waals surface area contributed by atoms with Gasteiger partial charge in [0.05, 0.1) is 23.4 Å². The molecule has 0 saturated heterocycles. The minimum absolute atomic E-state index is 0.00418. The quantitative estimate of drug-likeness (QED) is 0.453. The van der Waals surface area contributed by atoms with E-state index >= 15 is 0 Å². The summed E-state index contributed by atoms with van der Waals surface area (Å²) in [6.07, 6.45) is 4.83. The van der Waals surface area contributed by atoms with Crippen LogP contribution >= 0.6 is 24.2 Å². The molecule has 0 atom stereocenters. The predicted octanol–water partition coefficient (Wildman–Crippen LogP) is 4.20. The number of amides is 2. The summed E-state index contributed by atoms with van der Waals surface area (Å²) in [5.41, 5.74) is 0.479. The van der Waals surface area contributed by atoms with Gasteiger partial charge in [0.15, 0.2) is 5.78 Å². The number of ketones is 1. The zero-order chi connectivity index (χ0) is 18.6. The molecule has 2 rings (SSSR count). The van der Waals surface area contributed by atoms with Gasteiger partial charge in [-0.25, -0.2) is 9.86 Å². The normalized spacial score (nSPS) is 14.9. The number of carbonyl (C=O) groups excluding carboxylic acids is 3. The molecule has 1 aromatic carbocycles. The Morgan fingerprint density at radius 3 is 2.44 bits per heavy atom. The number of nitrogens with zero attached hydrogens (tertiary/aromatic N) is 1. The van der Waals surface area contributed by atoms with Crippen molar-refractivity contribution in [1.29, 1.82) is 0 Å². The monoisotopic (exact) mass is 384 g/mol. The van der Waals surface area contributed by atoms with E-state index in [1.807, 2.05) is 0 Å². The summed E-state index contributed by atoms with van der Waals surface area (Å²) in [5, 5.41) is 2.88. The van der Waals surface area contributed by atoms with Gasteiger partial charge in [0.25, 0.3) is 0 Å². The smallest absolute Gasteiger partial charge is 0.305 e. The summed E-state index contributed by atoms with van der Waals surface area (Å²) in [6.45, 7) is 0. The number of thiol groups is 1. The van der Waals surface area contributed by atoms with Crippen LogP contribution in [0, 0.1) is 5.92 Å². The maximum Gasteiger partial charge on any atom is 0.345 e. The molecule has 0 aromatic heterocycles. The van der Waals surface area contributed by atoms with Gasteiger partial charge in [-0.1, -0.05) is 30.9 Å². The average molecular weight is 385 g/mol. The third-order valence-corrected chi connectivity index (χ3v) is 5.01. The second-order valence-electron chi connectivity index (χ2n) is 5.96. The van der Waals surface area contributed by atoms with Crippen molar-refractivity contribution in [2.45, 2.75) is 32.1 Å². The van der Waals surface area contributed by atoms with Crippen LogP contribution in [-0.4, -0.2) is 36.2 Å². The Hall–Kier alpha value is -1.57. The van der Waals surface area contributed by atoms with Crippen molar-refractivity contribution in [3.05, 3.63) is 28.3 Å². The highest BCUT2D eigenvalue weighted by Gasteiger charge is 2.27. The maximum absolute atomic E-state index is 12.7. The Bertz CT molecular complexity index is 689. The van der Waals surface area contributed by atoms with E-state index in [4.69, 9.17) is 16.4 Å². The molecule has 1 aliphatic rings. The highest BCUT2D eigenvalue weighted by Crippen LogP contribution is 2.34. The summed E-state index contributed by atoms with van der Waals surface area (Å²) in [6, 6.07) is 2.45. The van der Waals surface area contributed by atoms with Crippen LogP contribution in [0.25, 0.3) is 0 Å². The second-order valence-corrected chi connectivity index (χ2v) is 6.75. The first-order valence-corrected chi connectivity index (χ1v) is 8.88. The van der Waals surface area contributed by atoms with Gasteiger partial charge in [-0.15, -0.1) is 12.6 Å². The third-order valence-electron chi connectivity index (χ3n) is 4.40. The van der Waals surface area contributed by atoms with E-state index in [9.17, 15) is 14.4 Å². The number of rotatable bonds is 5. The van der Waals surface area contributed by atoms with Crippen molar-refractivity contribution in [2.75, 3.05) is 19.5 Å². The highest BCUT2D eigenvalue weighted by atomic mass is 35.5. The van der Waals surface area contributed by atoms with Gasteiger partial charge in [0.1, 0.15) is 0 Å². The molecular formula is C17H21ClN2O4S. The minimum atomic E-state index is -0.626. The number of urea groups is 1. The molecule has 6 nitrogen and oxygen atoms in total. The average Bonchev–Trinajstić information content (AvgIpc) is 2.61. The van der Waals surface area contributed by atoms with Crippen molar-refractivity contribution >= 4 is 46.8 Å². The van der Waals surface area contributed by atoms with Crippen LogP contribution in [-0.2, 0) is 4.84 Å². The van der Waals surface area contributed by atoms with Gasteiger partial charge >= 0.3 is 6.03 Å². The van der Waals surface area contributed by atoms with Crippen LogP contribution in [0.5, 0.6) is 0 Å². The molecule has 1 N–H and O–H groups in total. The van der Waals surface area contributed by atoms with E-state index in [1.165, 1.54) is 20.2 Å². The Morgan fingerprint density at radius 2 is 1.88 bits per heavy atom. The standard InChI is InChI=1S/C17H21ClN2O4S/c1-20(24-2)17(23)19-12-9-8-11(14(18)13(12)16(22)25)15(21)10-6-4-3-5-7-10/h8-10H,3-7H2,1-2H3,(H,19,23)(H,22,25). The highest BCUT2D eigenvalue weighted by molar-refractivity contribution is 7.97. The van der Waals surface area contributed by atoms with Crippen LogP contribution in [0.1, 0.15) is 52.8 Å². The molecule has 0 bridgehead atoms. The lowest BCUT2D eigenvalue weighted by Crippen LogP contribution is -2.31. The fraction of sp³-hybridized carbons (Fsp3) is 0.471. The van der Waals surface area contributed by atoms with E-state index in [0.29, 0.717) is 5.56 Å². The van der Waals surface area contributed by atoms with Crippen LogP contribution in [0.3, 0.4) is 0 Å². The minimum Gasteiger partial charge on any atom is -0.305 e. The number of nitrogens with one attached hydrogen (secondary N) is 1. The molecular weight excluding hydrogens is 364 g/mol. The molecule has 2 amide bonds. The van der Waals surface area contributed by atoms with E-state index in [2.05, 4.69) is 17.9 Å². The number of carbonyl (C=O) groups is 3. The van der Waals surface area contributed by atoms with E-state index in [1.54, 1.807) is 6.07 Å². The fourth-order valence-electron chi connectivity index (χ4n) is 2.94.